The summed E-state index contributed by atoms with van der Waals surface area (Å²) < 4.78 is 11.1. The molecular formula is C32H45N7O5. The number of rotatable bonds is 7. The average molecular weight is 608 g/mol. The second-order valence-electron chi connectivity index (χ2n) is 12.8. The molecule has 1 aliphatic carbocycles. The first-order valence-electron chi connectivity index (χ1n) is 15.7. The highest BCUT2D eigenvalue weighted by Crippen LogP contribution is 2.40. The molecule has 12 nitrogen and oxygen atoms in total. The minimum absolute atomic E-state index is 0.0475. The van der Waals surface area contributed by atoms with E-state index in [-0.39, 0.29) is 36.0 Å². The van der Waals surface area contributed by atoms with Crippen LogP contribution in [0.2, 0.25) is 0 Å². The summed E-state index contributed by atoms with van der Waals surface area (Å²) >= 11 is 0. The van der Waals surface area contributed by atoms with Crippen LogP contribution >= 0.6 is 0 Å². The Labute approximate surface area is 259 Å². The fourth-order valence-corrected chi connectivity index (χ4v) is 6.30. The van der Waals surface area contributed by atoms with E-state index in [1.807, 2.05) is 27.7 Å². The third-order valence-electron chi connectivity index (χ3n) is 8.60. The zero-order valence-corrected chi connectivity index (χ0v) is 26.7. The lowest BCUT2D eigenvalue weighted by molar-refractivity contribution is -0.120. The number of carbonyl (C=O) groups is 3. The van der Waals surface area contributed by atoms with Gasteiger partial charge in [0.05, 0.1) is 19.0 Å². The number of nitrogens with zero attached hydrogens (tertiary/aromatic N) is 5. The minimum atomic E-state index is -0.542. The Hall–Kier alpha value is -4.09. The molecular weight excluding hydrogens is 562 g/mol. The average Bonchev–Trinajstić information content (AvgIpc) is 3.53. The fourth-order valence-electron chi connectivity index (χ4n) is 6.30. The maximum atomic E-state index is 13.2. The van der Waals surface area contributed by atoms with Gasteiger partial charge in [-0.2, -0.15) is 4.98 Å². The Morgan fingerprint density at radius 2 is 1.80 bits per heavy atom. The van der Waals surface area contributed by atoms with Crippen molar-refractivity contribution in [2.24, 2.45) is 0 Å². The van der Waals surface area contributed by atoms with Crippen LogP contribution in [0.5, 0.6) is 5.75 Å². The number of nitrogens with one attached hydrogen (secondary N) is 2. The number of hydrogen-bond acceptors (Lipinski definition) is 9. The van der Waals surface area contributed by atoms with E-state index in [0.717, 1.165) is 31.5 Å². The maximum Gasteiger partial charge on any atom is 0.410 e. The molecule has 1 saturated heterocycles. The predicted molar refractivity (Wildman–Crippen MR) is 169 cm³/mol. The molecule has 238 valence electrons. The highest BCUT2D eigenvalue weighted by atomic mass is 16.6. The van der Waals surface area contributed by atoms with Gasteiger partial charge >= 0.3 is 6.09 Å². The molecule has 2 aliphatic heterocycles. The number of likely N-dealkylation sites (N-methyl/N-ethyl adjacent to an activating group) is 1. The van der Waals surface area contributed by atoms with Crippen molar-refractivity contribution in [3.8, 4) is 5.75 Å². The quantitative estimate of drug-likeness (QED) is 0.453. The van der Waals surface area contributed by atoms with Crippen LogP contribution in [0.1, 0.15) is 83.0 Å². The van der Waals surface area contributed by atoms with Gasteiger partial charge in [-0.05, 0) is 71.1 Å². The molecule has 0 bridgehead atoms. The molecule has 1 atom stereocenters. The van der Waals surface area contributed by atoms with Crippen LogP contribution < -0.4 is 25.2 Å². The molecule has 1 aromatic carbocycles. The van der Waals surface area contributed by atoms with Gasteiger partial charge in [-0.25, -0.2) is 9.78 Å². The van der Waals surface area contributed by atoms with Gasteiger partial charge in [-0.15, -0.1) is 0 Å². The molecule has 5 rings (SSSR count). The summed E-state index contributed by atoms with van der Waals surface area (Å²) in [4.78, 5) is 53.7. The number of aromatic nitrogens is 2. The van der Waals surface area contributed by atoms with Crippen LogP contribution in [0.25, 0.3) is 0 Å². The summed E-state index contributed by atoms with van der Waals surface area (Å²) in [5.74, 6) is 1.49. The van der Waals surface area contributed by atoms with E-state index in [9.17, 15) is 14.4 Å². The molecule has 12 heteroatoms. The van der Waals surface area contributed by atoms with Gasteiger partial charge in [0, 0.05) is 37.8 Å². The molecule has 44 heavy (non-hydrogen) atoms. The van der Waals surface area contributed by atoms with Crippen molar-refractivity contribution in [2.45, 2.75) is 96.4 Å². The van der Waals surface area contributed by atoms with Crippen LogP contribution in [0.15, 0.2) is 24.4 Å². The van der Waals surface area contributed by atoms with Crippen molar-refractivity contribution < 1.29 is 23.9 Å². The molecule has 1 unspecified atom stereocenters. The number of piperidine rings is 1. The lowest BCUT2D eigenvalue weighted by Gasteiger charge is -2.43. The Balaban J connectivity index is 1.27. The van der Waals surface area contributed by atoms with Crippen LogP contribution in [0.4, 0.5) is 27.9 Å². The lowest BCUT2D eigenvalue weighted by atomic mass is 10.0. The molecule has 3 heterocycles. The number of amides is 3. The third-order valence-corrected chi connectivity index (χ3v) is 8.60. The Morgan fingerprint density at radius 3 is 2.43 bits per heavy atom. The van der Waals surface area contributed by atoms with Crippen molar-refractivity contribution in [3.63, 3.8) is 0 Å². The molecule has 0 spiro atoms. The summed E-state index contributed by atoms with van der Waals surface area (Å²) in [6.07, 6.45) is 7.75. The third kappa shape index (κ3) is 6.68. The molecule has 0 radical (unpaired) electrons. The van der Waals surface area contributed by atoms with Gasteiger partial charge in [0.25, 0.3) is 5.91 Å². The zero-order chi connectivity index (χ0) is 31.6. The van der Waals surface area contributed by atoms with Crippen molar-refractivity contribution in [3.05, 3.63) is 30.0 Å². The van der Waals surface area contributed by atoms with E-state index in [1.165, 1.54) is 0 Å². The first-order chi connectivity index (χ1) is 21.0. The number of ether oxygens (including phenoxy) is 2. The van der Waals surface area contributed by atoms with Crippen molar-refractivity contribution in [1.29, 1.82) is 0 Å². The van der Waals surface area contributed by atoms with Gasteiger partial charge in [0.1, 0.15) is 23.1 Å². The number of carbonyl (C=O) groups excluding carboxylic acids is 3. The van der Waals surface area contributed by atoms with Gasteiger partial charge in [0.15, 0.2) is 5.82 Å². The summed E-state index contributed by atoms with van der Waals surface area (Å²) in [6, 6.07) is 5.18. The Morgan fingerprint density at radius 1 is 1.09 bits per heavy atom. The maximum absolute atomic E-state index is 13.2. The second kappa shape index (κ2) is 12.9. The normalized spacial score (nSPS) is 19.5. The molecule has 2 fully saturated rings. The van der Waals surface area contributed by atoms with Gasteiger partial charge < -0.3 is 34.8 Å². The highest BCUT2D eigenvalue weighted by Gasteiger charge is 2.41. The highest BCUT2D eigenvalue weighted by molar-refractivity contribution is 6.04. The van der Waals surface area contributed by atoms with E-state index in [4.69, 9.17) is 14.5 Å². The van der Waals surface area contributed by atoms with E-state index in [1.54, 1.807) is 48.4 Å². The topological polar surface area (TPSA) is 129 Å². The molecule has 3 aliphatic rings. The summed E-state index contributed by atoms with van der Waals surface area (Å²) in [5.41, 5.74) is 1.24. The SMILES string of the molecule is CCC1C(=O)N(C)c2cnc(Nc3ccc(C(=O)NC4CCN(C(=O)OC(C)(C)C)CC4)cc3OC)nc2N1C1CCCC1. The predicted octanol–water partition coefficient (Wildman–Crippen LogP) is 4.86. The Kier molecular flexibility index (Phi) is 9.17. The first kappa shape index (κ1) is 31.3. The summed E-state index contributed by atoms with van der Waals surface area (Å²) in [7, 11) is 3.33. The molecule has 2 N–H and O–H groups in total. The van der Waals surface area contributed by atoms with E-state index in [0.29, 0.717) is 61.0 Å². The van der Waals surface area contributed by atoms with Gasteiger partial charge in [-0.3, -0.25) is 9.59 Å². The standard InChI is InChI=1S/C32H45N7O5/c1-7-24-29(41)37(5)25-19-33-30(36-27(25)39(24)22-10-8-9-11-22)35-23-13-12-20(18-26(23)43-6)28(40)34-21-14-16-38(17-15-21)31(42)44-32(2,3)4/h12-13,18-19,21-22,24H,7-11,14-17H2,1-6H3,(H,34,40)(H,33,35,36). The van der Waals surface area contributed by atoms with Gasteiger partial charge in [-0.1, -0.05) is 19.8 Å². The van der Waals surface area contributed by atoms with Crippen molar-refractivity contribution >= 4 is 41.0 Å². The first-order valence-corrected chi connectivity index (χ1v) is 15.7. The number of methoxy groups -OCH3 is 1. The number of anilines is 4. The van der Waals surface area contributed by atoms with E-state index in [2.05, 4.69) is 20.5 Å². The number of benzene rings is 1. The molecule has 1 saturated carbocycles. The molecule has 1 aromatic heterocycles. The van der Waals surface area contributed by atoms with Gasteiger partial charge in [0.2, 0.25) is 11.9 Å². The summed E-state index contributed by atoms with van der Waals surface area (Å²) in [5, 5.41) is 6.35. The monoisotopic (exact) mass is 607 g/mol. The smallest absolute Gasteiger partial charge is 0.410 e. The largest absolute Gasteiger partial charge is 0.495 e. The van der Waals surface area contributed by atoms with Crippen LogP contribution in [-0.2, 0) is 9.53 Å². The van der Waals surface area contributed by atoms with Crippen LogP contribution in [-0.4, -0.2) is 83.7 Å². The Bertz CT molecular complexity index is 1380. The zero-order valence-electron chi connectivity index (χ0n) is 26.7. The van der Waals surface area contributed by atoms with E-state index >= 15 is 0 Å². The van der Waals surface area contributed by atoms with Crippen molar-refractivity contribution in [2.75, 3.05) is 42.4 Å². The molecule has 2 aromatic rings. The number of likely N-dealkylation sites (tertiary alicyclic amines) is 1. The lowest BCUT2D eigenvalue weighted by Crippen LogP contribution is -2.55. The number of fused-ring (bicyclic) bond motifs is 1. The second-order valence-corrected chi connectivity index (χ2v) is 12.8. The summed E-state index contributed by atoms with van der Waals surface area (Å²) in [6.45, 7) is 8.63. The van der Waals surface area contributed by atoms with Crippen LogP contribution in [0.3, 0.4) is 0 Å². The van der Waals surface area contributed by atoms with E-state index < -0.39 is 5.60 Å². The minimum Gasteiger partial charge on any atom is -0.495 e. The fraction of sp³-hybridized carbons (Fsp3) is 0.594. The van der Waals surface area contributed by atoms with Crippen molar-refractivity contribution in [1.82, 2.24) is 20.2 Å². The number of hydrogen-bond donors (Lipinski definition) is 2. The van der Waals surface area contributed by atoms with Crippen LogP contribution in [0, 0.1) is 0 Å². The molecule has 3 amide bonds.